The predicted octanol–water partition coefficient (Wildman–Crippen LogP) is 2.89. The summed E-state index contributed by atoms with van der Waals surface area (Å²) in [6, 6.07) is -1.48. The molecule has 0 aliphatic carbocycles. The van der Waals surface area contributed by atoms with Crippen molar-refractivity contribution >= 4 is 18.0 Å². The van der Waals surface area contributed by atoms with Crippen LogP contribution in [0.1, 0.15) is 54.9 Å². The highest BCUT2D eigenvalue weighted by molar-refractivity contribution is 5.91. The number of methoxy groups -OCH3 is 1. The van der Waals surface area contributed by atoms with Crippen molar-refractivity contribution < 1.29 is 23.9 Å². The quantitative estimate of drug-likeness (QED) is 0.584. The number of ether oxygens (including phenoxy) is 2. The molecule has 0 spiro atoms. The van der Waals surface area contributed by atoms with Crippen LogP contribution >= 0.6 is 0 Å². The molecule has 1 aliphatic rings. The SMILES string of the molecule is C/C=C1/CN(C(=O)OC(C)(C)C)[C@H](C(=O)N[C@@H](CC(C)C)C(=O)OC)[C@@H]1C. The Labute approximate surface area is 162 Å². The predicted molar refractivity (Wildman–Crippen MR) is 103 cm³/mol. The zero-order valence-corrected chi connectivity index (χ0v) is 17.8. The monoisotopic (exact) mass is 382 g/mol. The van der Waals surface area contributed by atoms with Gasteiger partial charge in [-0.05, 0) is 45.6 Å². The van der Waals surface area contributed by atoms with Gasteiger partial charge in [0, 0.05) is 12.5 Å². The Morgan fingerprint density at radius 1 is 1.30 bits per heavy atom. The van der Waals surface area contributed by atoms with Crippen LogP contribution in [-0.4, -0.2) is 54.2 Å². The van der Waals surface area contributed by atoms with E-state index in [-0.39, 0.29) is 17.7 Å². The third kappa shape index (κ3) is 6.26. The van der Waals surface area contributed by atoms with E-state index >= 15 is 0 Å². The van der Waals surface area contributed by atoms with Crippen LogP contribution in [0.3, 0.4) is 0 Å². The van der Waals surface area contributed by atoms with Gasteiger partial charge in [0.2, 0.25) is 5.91 Å². The molecule has 0 aromatic heterocycles. The molecule has 1 aliphatic heterocycles. The van der Waals surface area contributed by atoms with Gasteiger partial charge in [0.05, 0.1) is 7.11 Å². The van der Waals surface area contributed by atoms with Crippen LogP contribution in [-0.2, 0) is 19.1 Å². The molecule has 0 aromatic carbocycles. The minimum Gasteiger partial charge on any atom is -0.467 e. The first kappa shape index (κ1) is 23.0. The van der Waals surface area contributed by atoms with Crippen molar-refractivity contribution in [3.8, 4) is 0 Å². The van der Waals surface area contributed by atoms with Crippen LogP contribution in [0.5, 0.6) is 0 Å². The Bertz CT molecular complexity index is 592. The standard InChI is InChI=1S/C20H34N2O5/c1-9-14-11-22(19(25)27-20(5,6)7)16(13(14)4)17(23)21-15(10-12(2)3)18(24)26-8/h9,12-13,15-16H,10-11H2,1-8H3,(H,21,23)/b14-9-/t13-,15+,16+/m1/s1. The molecule has 0 unspecified atom stereocenters. The maximum absolute atomic E-state index is 13.0. The number of esters is 1. The van der Waals surface area contributed by atoms with Crippen LogP contribution in [0.15, 0.2) is 11.6 Å². The van der Waals surface area contributed by atoms with Crippen molar-refractivity contribution in [2.75, 3.05) is 13.7 Å². The van der Waals surface area contributed by atoms with Crippen molar-refractivity contribution in [3.63, 3.8) is 0 Å². The lowest BCUT2D eigenvalue weighted by atomic mass is 9.96. The van der Waals surface area contributed by atoms with E-state index in [0.29, 0.717) is 13.0 Å². The zero-order valence-electron chi connectivity index (χ0n) is 17.8. The molecule has 0 aromatic rings. The van der Waals surface area contributed by atoms with E-state index in [0.717, 1.165) is 5.57 Å². The van der Waals surface area contributed by atoms with Crippen LogP contribution in [0.2, 0.25) is 0 Å². The van der Waals surface area contributed by atoms with Gasteiger partial charge in [-0.15, -0.1) is 0 Å². The maximum Gasteiger partial charge on any atom is 0.411 e. The lowest BCUT2D eigenvalue weighted by Crippen LogP contribution is -2.53. The van der Waals surface area contributed by atoms with E-state index in [2.05, 4.69) is 5.32 Å². The summed E-state index contributed by atoms with van der Waals surface area (Å²) in [5, 5.41) is 2.77. The van der Waals surface area contributed by atoms with Gasteiger partial charge >= 0.3 is 12.1 Å². The Hall–Kier alpha value is -2.05. The second-order valence-corrected chi connectivity index (χ2v) is 8.42. The largest absolute Gasteiger partial charge is 0.467 e. The average Bonchev–Trinajstić information content (AvgIpc) is 2.88. The fourth-order valence-electron chi connectivity index (χ4n) is 3.22. The lowest BCUT2D eigenvalue weighted by Gasteiger charge is -2.30. The number of carbonyl (C=O) groups is 3. The minimum atomic E-state index is -0.746. The molecule has 7 nitrogen and oxygen atoms in total. The number of nitrogens with zero attached hydrogens (tertiary/aromatic N) is 1. The second kappa shape index (κ2) is 9.24. The molecule has 0 bridgehead atoms. The highest BCUT2D eigenvalue weighted by atomic mass is 16.6. The summed E-state index contributed by atoms with van der Waals surface area (Å²) >= 11 is 0. The normalized spacial score (nSPS) is 22.7. The summed E-state index contributed by atoms with van der Waals surface area (Å²) in [4.78, 5) is 39.1. The molecule has 1 N–H and O–H groups in total. The van der Waals surface area contributed by atoms with Gasteiger partial charge in [-0.1, -0.05) is 26.8 Å². The van der Waals surface area contributed by atoms with Gasteiger partial charge in [-0.3, -0.25) is 9.69 Å². The second-order valence-electron chi connectivity index (χ2n) is 8.42. The van der Waals surface area contributed by atoms with E-state index in [1.54, 1.807) is 20.8 Å². The van der Waals surface area contributed by atoms with Gasteiger partial charge in [-0.2, -0.15) is 0 Å². The fraction of sp³-hybridized carbons (Fsp3) is 0.750. The third-order valence-corrected chi connectivity index (χ3v) is 4.52. The first-order chi connectivity index (χ1) is 12.4. The van der Waals surface area contributed by atoms with Crippen molar-refractivity contribution in [1.82, 2.24) is 10.2 Å². The molecule has 7 heteroatoms. The third-order valence-electron chi connectivity index (χ3n) is 4.52. The summed E-state index contributed by atoms with van der Waals surface area (Å²) in [5.74, 6) is -0.831. The minimum absolute atomic E-state index is 0.167. The number of hydrogen-bond acceptors (Lipinski definition) is 5. The number of hydrogen-bond donors (Lipinski definition) is 1. The average molecular weight is 383 g/mol. The number of carbonyl (C=O) groups excluding carboxylic acids is 3. The molecule has 0 radical (unpaired) electrons. The number of allylic oxidation sites excluding steroid dienone is 1. The number of amides is 2. The number of rotatable bonds is 5. The molecule has 0 saturated carbocycles. The zero-order chi connectivity index (χ0) is 20.9. The smallest absolute Gasteiger partial charge is 0.411 e. The molecule has 3 atom stereocenters. The van der Waals surface area contributed by atoms with Gasteiger partial charge in [0.25, 0.3) is 0 Å². The number of nitrogens with one attached hydrogen (secondary N) is 1. The van der Waals surface area contributed by atoms with Gasteiger partial charge < -0.3 is 14.8 Å². The van der Waals surface area contributed by atoms with Crippen molar-refractivity contribution in [2.45, 2.75) is 72.6 Å². The molecule has 1 fully saturated rings. The summed E-state index contributed by atoms with van der Waals surface area (Å²) < 4.78 is 10.3. The van der Waals surface area contributed by atoms with Crippen LogP contribution < -0.4 is 5.32 Å². The van der Waals surface area contributed by atoms with E-state index < -0.39 is 29.7 Å². The molecule has 1 rings (SSSR count). The molecular weight excluding hydrogens is 348 g/mol. The topological polar surface area (TPSA) is 84.9 Å². The van der Waals surface area contributed by atoms with Crippen LogP contribution in [0, 0.1) is 11.8 Å². The molecule has 1 heterocycles. The Morgan fingerprint density at radius 2 is 1.89 bits per heavy atom. The Kier molecular flexibility index (Phi) is 7.87. The number of likely N-dealkylation sites (tertiary alicyclic amines) is 1. The van der Waals surface area contributed by atoms with E-state index in [9.17, 15) is 14.4 Å². The van der Waals surface area contributed by atoms with E-state index in [1.165, 1.54) is 12.0 Å². The molecule has 154 valence electrons. The summed E-state index contributed by atoms with van der Waals surface area (Å²) in [5.41, 5.74) is 0.325. The van der Waals surface area contributed by atoms with Crippen molar-refractivity contribution in [3.05, 3.63) is 11.6 Å². The molecular formula is C20H34N2O5. The van der Waals surface area contributed by atoms with Crippen molar-refractivity contribution in [1.29, 1.82) is 0 Å². The fourth-order valence-corrected chi connectivity index (χ4v) is 3.22. The molecule has 27 heavy (non-hydrogen) atoms. The van der Waals surface area contributed by atoms with Gasteiger partial charge in [0.15, 0.2) is 0 Å². The summed E-state index contributed by atoms with van der Waals surface area (Å²) in [6.07, 6.45) is 1.84. The van der Waals surface area contributed by atoms with Gasteiger partial charge in [-0.25, -0.2) is 9.59 Å². The highest BCUT2D eigenvalue weighted by Crippen LogP contribution is 2.31. The molecule has 2 amide bonds. The Morgan fingerprint density at radius 3 is 2.33 bits per heavy atom. The first-order valence-electron chi connectivity index (χ1n) is 9.44. The van der Waals surface area contributed by atoms with E-state index in [1.807, 2.05) is 33.8 Å². The van der Waals surface area contributed by atoms with Crippen molar-refractivity contribution in [2.24, 2.45) is 11.8 Å². The van der Waals surface area contributed by atoms with Crippen LogP contribution in [0.4, 0.5) is 4.79 Å². The Balaban J connectivity index is 3.06. The molecule has 1 saturated heterocycles. The van der Waals surface area contributed by atoms with Gasteiger partial charge in [0.1, 0.15) is 17.7 Å². The maximum atomic E-state index is 13.0. The summed E-state index contributed by atoms with van der Waals surface area (Å²) in [6.45, 7) is 13.4. The first-order valence-corrected chi connectivity index (χ1v) is 9.44. The highest BCUT2D eigenvalue weighted by Gasteiger charge is 2.44. The summed E-state index contributed by atoms with van der Waals surface area (Å²) in [7, 11) is 1.30. The van der Waals surface area contributed by atoms with Crippen LogP contribution in [0.25, 0.3) is 0 Å². The van der Waals surface area contributed by atoms with E-state index in [4.69, 9.17) is 9.47 Å². The lowest BCUT2D eigenvalue weighted by molar-refractivity contribution is -0.146.